The van der Waals surface area contributed by atoms with Gasteiger partial charge in [0.2, 0.25) is 11.2 Å². The van der Waals surface area contributed by atoms with Crippen molar-refractivity contribution in [3.05, 3.63) is 83.5 Å². The van der Waals surface area contributed by atoms with Gasteiger partial charge in [-0.15, -0.1) is 6.58 Å². The summed E-state index contributed by atoms with van der Waals surface area (Å²) < 4.78 is 2.39. The summed E-state index contributed by atoms with van der Waals surface area (Å²) in [6, 6.07) is 19.7. The molecule has 0 saturated heterocycles. The lowest BCUT2D eigenvalue weighted by Gasteiger charge is -2.18. The first-order valence-electron chi connectivity index (χ1n) is 9.01. The van der Waals surface area contributed by atoms with E-state index in [1.807, 2.05) is 17.8 Å². The zero-order chi connectivity index (χ0) is 18.1. The number of aromatic nitrogens is 1. The maximum Gasteiger partial charge on any atom is 0.212 e. The lowest BCUT2D eigenvalue weighted by Crippen LogP contribution is -2.37. The van der Waals surface area contributed by atoms with Gasteiger partial charge >= 0.3 is 0 Å². The van der Waals surface area contributed by atoms with Gasteiger partial charge in [-0.3, -0.25) is 0 Å². The minimum Gasteiger partial charge on any atom is -0.331 e. The maximum atomic E-state index is 3.94. The van der Waals surface area contributed by atoms with Crippen molar-refractivity contribution in [2.45, 2.75) is 25.3 Å². The molecule has 2 nitrogen and oxygen atoms in total. The summed E-state index contributed by atoms with van der Waals surface area (Å²) in [6.07, 6.45) is 4.27. The quantitative estimate of drug-likeness (QED) is 0.445. The van der Waals surface area contributed by atoms with Crippen LogP contribution in [-0.4, -0.2) is 6.54 Å². The smallest absolute Gasteiger partial charge is 0.212 e. The first kappa shape index (κ1) is 16.9. The first-order chi connectivity index (χ1) is 12.7. The number of benzene rings is 2. The van der Waals surface area contributed by atoms with Crippen molar-refractivity contribution in [3.63, 3.8) is 0 Å². The van der Waals surface area contributed by atoms with Crippen LogP contribution >= 0.6 is 11.8 Å². The number of nitrogens with zero attached hydrogens (tertiary/aromatic N) is 2. The van der Waals surface area contributed by atoms with Crippen LogP contribution in [0.5, 0.6) is 0 Å². The number of thioether (sulfide) groups is 1. The Morgan fingerprint density at radius 2 is 1.96 bits per heavy atom. The highest BCUT2D eigenvalue weighted by atomic mass is 32.2. The molecule has 130 valence electrons. The Kier molecular flexibility index (Phi) is 4.56. The average Bonchev–Trinajstić information content (AvgIpc) is 2.99. The van der Waals surface area contributed by atoms with E-state index in [0.29, 0.717) is 0 Å². The van der Waals surface area contributed by atoms with E-state index in [0.717, 1.165) is 13.1 Å². The fourth-order valence-electron chi connectivity index (χ4n) is 3.54. The van der Waals surface area contributed by atoms with Gasteiger partial charge in [-0.25, -0.2) is 0 Å². The van der Waals surface area contributed by atoms with Crippen LogP contribution in [0.15, 0.2) is 77.2 Å². The van der Waals surface area contributed by atoms with Gasteiger partial charge < -0.3 is 4.90 Å². The Labute approximate surface area is 159 Å². The molecule has 0 spiro atoms. The summed E-state index contributed by atoms with van der Waals surface area (Å²) in [5, 5.41) is 2.54. The second-order valence-corrected chi connectivity index (χ2v) is 7.58. The van der Waals surface area contributed by atoms with Crippen molar-refractivity contribution in [1.82, 2.24) is 0 Å². The number of aryl methyl sites for hydroxylation is 2. The van der Waals surface area contributed by atoms with Crippen molar-refractivity contribution in [1.29, 1.82) is 0 Å². The highest BCUT2D eigenvalue weighted by Crippen LogP contribution is 2.46. The molecule has 1 aliphatic rings. The van der Waals surface area contributed by atoms with Crippen molar-refractivity contribution >= 4 is 34.4 Å². The van der Waals surface area contributed by atoms with Crippen LogP contribution in [-0.2, 0) is 6.54 Å². The Bertz CT molecular complexity index is 1020. The third kappa shape index (κ3) is 2.93. The Hall–Kier alpha value is -2.52. The predicted octanol–water partition coefficient (Wildman–Crippen LogP) is 5.55. The molecule has 4 rings (SSSR count). The number of hydrogen-bond acceptors (Lipinski definition) is 2. The Morgan fingerprint density at radius 3 is 2.77 bits per heavy atom. The van der Waals surface area contributed by atoms with Crippen LogP contribution in [0.25, 0.3) is 17.0 Å². The molecule has 0 bridgehead atoms. The molecule has 1 aromatic heterocycles. The van der Waals surface area contributed by atoms with Crippen LogP contribution < -0.4 is 9.47 Å². The van der Waals surface area contributed by atoms with Gasteiger partial charge in [-0.1, -0.05) is 41.6 Å². The van der Waals surface area contributed by atoms with E-state index in [-0.39, 0.29) is 0 Å². The van der Waals surface area contributed by atoms with Crippen molar-refractivity contribution in [3.8, 4) is 0 Å². The van der Waals surface area contributed by atoms with Crippen LogP contribution in [0.4, 0.5) is 5.69 Å². The number of para-hydroxylation sites is 1. The highest BCUT2D eigenvalue weighted by Gasteiger charge is 2.25. The number of hydrogen-bond donors (Lipinski definition) is 0. The van der Waals surface area contributed by atoms with E-state index in [9.17, 15) is 0 Å². The fraction of sp³-hybridized carbons (Fsp3) is 0.174. The molecule has 26 heavy (non-hydrogen) atoms. The first-order valence-corrected chi connectivity index (χ1v) is 9.83. The summed E-state index contributed by atoms with van der Waals surface area (Å²) in [5.74, 6) is 0. The van der Waals surface area contributed by atoms with E-state index in [2.05, 4.69) is 90.6 Å². The molecule has 0 unspecified atom stereocenters. The second-order valence-electron chi connectivity index (χ2n) is 6.52. The van der Waals surface area contributed by atoms with Gasteiger partial charge in [-0.2, -0.15) is 4.57 Å². The van der Waals surface area contributed by atoms with Crippen LogP contribution in [0, 0.1) is 6.92 Å². The second kappa shape index (κ2) is 7.00. The minimum atomic E-state index is 0.814. The van der Waals surface area contributed by atoms with Gasteiger partial charge in [0.05, 0.1) is 10.7 Å². The zero-order valence-electron chi connectivity index (χ0n) is 15.3. The fourth-order valence-corrected chi connectivity index (χ4v) is 4.66. The van der Waals surface area contributed by atoms with Gasteiger partial charge in [0, 0.05) is 35.0 Å². The van der Waals surface area contributed by atoms with Gasteiger partial charge in [0.25, 0.3) is 0 Å². The van der Waals surface area contributed by atoms with Crippen molar-refractivity contribution in [2.75, 3.05) is 11.4 Å². The summed E-state index contributed by atoms with van der Waals surface area (Å²) in [4.78, 5) is 3.65. The molecule has 3 aromatic rings. The molecule has 2 heterocycles. The lowest BCUT2D eigenvalue weighted by atomic mass is 10.1. The molecule has 0 amide bonds. The van der Waals surface area contributed by atoms with Crippen LogP contribution in [0.1, 0.15) is 18.2 Å². The molecule has 0 saturated carbocycles. The monoisotopic (exact) mass is 359 g/mol. The lowest BCUT2D eigenvalue weighted by molar-refractivity contribution is -0.669. The normalized spacial score (nSPS) is 14.8. The molecule has 3 heteroatoms. The van der Waals surface area contributed by atoms with Crippen molar-refractivity contribution in [2.24, 2.45) is 0 Å². The zero-order valence-corrected chi connectivity index (χ0v) is 16.1. The topological polar surface area (TPSA) is 7.12 Å². The molecule has 0 aliphatic carbocycles. The molecule has 2 aromatic carbocycles. The van der Waals surface area contributed by atoms with E-state index in [1.165, 1.54) is 37.8 Å². The minimum absolute atomic E-state index is 0.814. The van der Waals surface area contributed by atoms with Crippen LogP contribution in [0.3, 0.4) is 0 Å². The predicted molar refractivity (Wildman–Crippen MR) is 112 cm³/mol. The molecule has 0 fully saturated rings. The van der Waals surface area contributed by atoms with Crippen LogP contribution in [0.2, 0.25) is 0 Å². The van der Waals surface area contributed by atoms with Gasteiger partial charge in [0.1, 0.15) is 6.54 Å². The number of rotatable bonds is 4. The van der Waals surface area contributed by atoms with E-state index in [4.69, 9.17) is 0 Å². The van der Waals surface area contributed by atoms with Gasteiger partial charge in [0.15, 0.2) is 0 Å². The third-order valence-corrected chi connectivity index (χ3v) is 5.87. The van der Waals surface area contributed by atoms with E-state index < -0.39 is 0 Å². The molecule has 1 aliphatic heterocycles. The molecule has 0 radical (unpaired) electrons. The standard InChI is InChI=1S/C23H23N2S/c1-4-14-25-21-8-6-7-9-22(21)26-23(25)16-19-12-11-18-15-17(3)10-13-20(18)24(19)5-2/h4,6-13,15-16H,1,5,14H2,2-3H3/q+1. The molecular formula is C23H23N2S+. The molecule has 0 N–H and O–H groups in total. The summed E-state index contributed by atoms with van der Waals surface area (Å²) in [7, 11) is 0. The van der Waals surface area contributed by atoms with E-state index >= 15 is 0 Å². The number of fused-ring (bicyclic) bond motifs is 2. The largest absolute Gasteiger partial charge is 0.331 e. The molecule has 0 atom stereocenters. The van der Waals surface area contributed by atoms with Crippen molar-refractivity contribution < 1.29 is 4.57 Å². The SMILES string of the molecule is C=CCN1/C(=C/c2ccc3cc(C)ccc3[n+]2CC)Sc2ccccc21. The average molecular weight is 360 g/mol. The summed E-state index contributed by atoms with van der Waals surface area (Å²) in [6.45, 7) is 10.0. The maximum absolute atomic E-state index is 3.94. The van der Waals surface area contributed by atoms with Gasteiger partial charge in [-0.05, 0) is 38.1 Å². The highest BCUT2D eigenvalue weighted by molar-refractivity contribution is 8.03. The third-order valence-electron chi connectivity index (χ3n) is 4.76. The number of anilines is 1. The summed E-state index contributed by atoms with van der Waals surface area (Å²) >= 11 is 1.83. The Morgan fingerprint density at radius 1 is 1.12 bits per heavy atom. The Balaban J connectivity index is 1.83. The van der Waals surface area contributed by atoms with E-state index in [1.54, 1.807) is 0 Å². The molecular weight excluding hydrogens is 336 g/mol. The number of pyridine rings is 1. The summed E-state index contributed by atoms with van der Waals surface area (Å²) in [5.41, 5.74) is 5.07.